The Labute approximate surface area is 199 Å². The van der Waals surface area contributed by atoms with Gasteiger partial charge in [0.25, 0.3) is 11.8 Å². The molecule has 0 bridgehead atoms. The molecule has 10 heteroatoms. The highest BCUT2D eigenvalue weighted by molar-refractivity contribution is 14.0. The molecule has 0 fully saturated rings. The molecule has 0 radical (unpaired) electrons. The third-order valence-electron chi connectivity index (χ3n) is 4.94. The largest absolute Gasteiger partial charge is 0.357 e. The number of aromatic nitrogens is 3. The second kappa shape index (κ2) is 12.4. The average Bonchev–Trinajstić information content (AvgIpc) is 3.31. The minimum absolute atomic E-state index is 0. The predicted molar refractivity (Wildman–Crippen MR) is 130 cm³/mol. The molecule has 2 amide bonds. The van der Waals surface area contributed by atoms with E-state index in [2.05, 4.69) is 32.7 Å². The number of unbranched alkanes of at least 4 members (excludes halogenated alkanes) is 1. The Balaban J connectivity index is 0.00000341. The second-order valence-electron chi connectivity index (χ2n) is 7.00. The van der Waals surface area contributed by atoms with Crippen LogP contribution in [0, 0.1) is 0 Å². The van der Waals surface area contributed by atoms with Crippen molar-refractivity contribution in [2.75, 3.05) is 26.2 Å². The first-order valence-corrected chi connectivity index (χ1v) is 10.5. The van der Waals surface area contributed by atoms with E-state index < -0.39 is 0 Å². The maximum absolute atomic E-state index is 12.4. The molecule has 2 N–H and O–H groups in total. The molecule has 2 aromatic rings. The van der Waals surface area contributed by atoms with Crippen molar-refractivity contribution in [1.29, 1.82) is 0 Å². The first kappa shape index (κ1) is 24.8. The first-order chi connectivity index (χ1) is 14.7. The molecule has 3 rings (SSSR count). The molecule has 1 aliphatic rings. The Hall–Kier alpha value is -2.50. The summed E-state index contributed by atoms with van der Waals surface area (Å²) in [5.41, 5.74) is 0.997. The van der Waals surface area contributed by atoms with Crippen molar-refractivity contribution in [1.82, 2.24) is 30.3 Å². The van der Waals surface area contributed by atoms with Crippen molar-refractivity contribution in [2.45, 2.75) is 39.7 Å². The molecule has 0 spiro atoms. The standard InChI is InChI=1S/C21H29N7O2.HI/c1-3-18-26-25-15-27(18)14-12-24-21(22-4-2)23-11-7-8-13-28-19(29)16-9-5-6-10-17(16)20(28)30;/h5-6,9-10,15H,3-4,7-8,11-14H2,1-2H3,(H2,22,23,24);1H. The van der Waals surface area contributed by atoms with Gasteiger partial charge in [0.05, 0.1) is 11.1 Å². The molecule has 0 saturated carbocycles. The fourth-order valence-corrected chi connectivity index (χ4v) is 3.39. The zero-order valence-corrected chi connectivity index (χ0v) is 20.3. The van der Waals surface area contributed by atoms with Crippen LogP contribution in [0.4, 0.5) is 0 Å². The number of rotatable bonds is 10. The summed E-state index contributed by atoms with van der Waals surface area (Å²) in [5.74, 6) is 1.32. The number of aliphatic imine (C=N–C) groups is 1. The lowest BCUT2D eigenvalue weighted by atomic mass is 10.1. The Bertz CT molecular complexity index is 878. The van der Waals surface area contributed by atoms with E-state index in [9.17, 15) is 9.59 Å². The van der Waals surface area contributed by atoms with Gasteiger partial charge >= 0.3 is 0 Å². The number of carbonyl (C=O) groups excluding carboxylic acids is 2. The van der Waals surface area contributed by atoms with E-state index in [0.29, 0.717) is 30.8 Å². The van der Waals surface area contributed by atoms with Crippen LogP contribution in [0.2, 0.25) is 0 Å². The number of hydrogen-bond acceptors (Lipinski definition) is 5. The number of halogens is 1. The smallest absolute Gasteiger partial charge is 0.261 e. The van der Waals surface area contributed by atoms with Crippen molar-refractivity contribution >= 4 is 41.8 Å². The highest BCUT2D eigenvalue weighted by atomic mass is 127. The van der Waals surface area contributed by atoms with E-state index in [-0.39, 0.29) is 35.8 Å². The highest BCUT2D eigenvalue weighted by Gasteiger charge is 2.34. The molecule has 0 unspecified atom stereocenters. The second-order valence-corrected chi connectivity index (χ2v) is 7.00. The maximum Gasteiger partial charge on any atom is 0.261 e. The highest BCUT2D eigenvalue weighted by Crippen LogP contribution is 2.22. The zero-order valence-electron chi connectivity index (χ0n) is 18.0. The number of benzene rings is 1. The molecule has 0 atom stereocenters. The third kappa shape index (κ3) is 6.25. The van der Waals surface area contributed by atoms with Crippen LogP contribution < -0.4 is 10.6 Å². The third-order valence-corrected chi connectivity index (χ3v) is 4.94. The van der Waals surface area contributed by atoms with Crippen molar-refractivity contribution in [2.24, 2.45) is 4.99 Å². The van der Waals surface area contributed by atoms with Crippen molar-refractivity contribution in [3.63, 3.8) is 0 Å². The Morgan fingerprint density at radius 1 is 1.03 bits per heavy atom. The fourth-order valence-electron chi connectivity index (χ4n) is 3.39. The normalized spacial score (nSPS) is 13.2. The molecule has 2 heterocycles. The molecule has 1 aliphatic heterocycles. The number of guanidine groups is 1. The van der Waals surface area contributed by atoms with Gasteiger partial charge in [-0.15, -0.1) is 34.2 Å². The molecular formula is C21H30IN7O2. The van der Waals surface area contributed by atoms with Crippen molar-refractivity contribution in [3.8, 4) is 0 Å². The first-order valence-electron chi connectivity index (χ1n) is 10.5. The minimum Gasteiger partial charge on any atom is -0.357 e. The summed E-state index contributed by atoms with van der Waals surface area (Å²) < 4.78 is 2.03. The topological polar surface area (TPSA) is 105 Å². The van der Waals surface area contributed by atoms with Gasteiger partial charge in [-0.25, -0.2) is 0 Å². The van der Waals surface area contributed by atoms with Crippen molar-refractivity contribution < 1.29 is 9.59 Å². The number of amides is 2. The summed E-state index contributed by atoms with van der Waals surface area (Å²) in [5, 5.41) is 14.6. The van der Waals surface area contributed by atoms with Crippen molar-refractivity contribution in [3.05, 3.63) is 47.5 Å². The van der Waals surface area contributed by atoms with Crippen LogP contribution in [0.5, 0.6) is 0 Å². The fraction of sp³-hybridized carbons (Fsp3) is 0.476. The van der Waals surface area contributed by atoms with E-state index in [1.165, 1.54) is 4.90 Å². The van der Waals surface area contributed by atoms with Gasteiger partial charge in [0.15, 0.2) is 5.96 Å². The molecule has 1 aromatic carbocycles. The molecule has 0 saturated heterocycles. The van der Waals surface area contributed by atoms with Gasteiger partial charge in [-0.2, -0.15) is 0 Å². The van der Waals surface area contributed by atoms with Crippen LogP contribution in [-0.2, 0) is 13.0 Å². The number of imide groups is 1. The summed E-state index contributed by atoms with van der Waals surface area (Å²) in [6.07, 6.45) is 4.09. The lowest BCUT2D eigenvalue weighted by molar-refractivity contribution is 0.0652. The SMILES string of the molecule is CCNC(=NCCCCN1C(=O)c2ccccc2C1=O)NCCn1cnnc1CC.I. The van der Waals surface area contributed by atoms with Crippen LogP contribution in [0.1, 0.15) is 53.2 Å². The zero-order chi connectivity index (χ0) is 21.3. The van der Waals surface area contributed by atoms with E-state index in [1.807, 2.05) is 11.5 Å². The van der Waals surface area contributed by atoms with Gasteiger partial charge in [-0.1, -0.05) is 19.1 Å². The number of hydrogen-bond donors (Lipinski definition) is 2. The lowest BCUT2D eigenvalue weighted by Crippen LogP contribution is -2.39. The number of aryl methyl sites for hydroxylation is 1. The molecule has 9 nitrogen and oxygen atoms in total. The van der Waals surface area contributed by atoms with E-state index >= 15 is 0 Å². The summed E-state index contributed by atoms with van der Waals surface area (Å²) in [4.78, 5) is 30.7. The van der Waals surface area contributed by atoms with E-state index in [4.69, 9.17) is 0 Å². The summed E-state index contributed by atoms with van der Waals surface area (Å²) in [6.45, 7) is 7.36. The molecule has 1 aromatic heterocycles. The van der Waals surface area contributed by atoms with Gasteiger partial charge in [-0.05, 0) is 31.9 Å². The monoisotopic (exact) mass is 539 g/mol. The van der Waals surface area contributed by atoms with Gasteiger partial charge < -0.3 is 15.2 Å². The van der Waals surface area contributed by atoms with E-state index in [1.54, 1.807) is 30.6 Å². The van der Waals surface area contributed by atoms with Gasteiger partial charge in [-0.3, -0.25) is 19.5 Å². The number of nitrogens with zero attached hydrogens (tertiary/aromatic N) is 5. The summed E-state index contributed by atoms with van der Waals surface area (Å²) in [6, 6.07) is 6.98. The van der Waals surface area contributed by atoms with Crippen LogP contribution in [0.25, 0.3) is 0 Å². The van der Waals surface area contributed by atoms with E-state index in [0.717, 1.165) is 44.1 Å². The Morgan fingerprint density at radius 2 is 1.74 bits per heavy atom. The lowest BCUT2D eigenvalue weighted by Gasteiger charge is -2.14. The summed E-state index contributed by atoms with van der Waals surface area (Å²) in [7, 11) is 0. The molecule has 31 heavy (non-hydrogen) atoms. The van der Waals surface area contributed by atoms with Crippen LogP contribution in [0.15, 0.2) is 35.6 Å². The average molecular weight is 539 g/mol. The predicted octanol–water partition coefficient (Wildman–Crippen LogP) is 2.09. The quantitative estimate of drug-likeness (QED) is 0.158. The number of nitrogens with one attached hydrogen (secondary N) is 2. The molecule has 168 valence electrons. The Kier molecular flexibility index (Phi) is 9.89. The number of carbonyl (C=O) groups is 2. The van der Waals surface area contributed by atoms with Gasteiger partial charge in [0, 0.05) is 39.1 Å². The van der Waals surface area contributed by atoms with Gasteiger partial charge in [0.2, 0.25) is 0 Å². The summed E-state index contributed by atoms with van der Waals surface area (Å²) >= 11 is 0. The van der Waals surface area contributed by atoms with Crippen LogP contribution in [-0.4, -0.2) is 63.6 Å². The van der Waals surface area contributed by atoms with Gasteiger partial charge in [0.1, 0.15) is 12.2 Å². The van der Waals surface area contributed by atoms with Crippen LogP contribution >= 0.6 is 24.0 Å². The molecular weight excluding hydrogens is 509 g/mol. The Morgan fingerprint density at radius 3 is 2.39 bits per heavy atom. The number of fused-ring (bicyclic) bond motifs is 1. The molecule has 0 aliphatic carbocycles. The maximum atomic E-state index is 12.4. The minimum atomic E-state index is -0.199. The van der Waals surface area contributed by atoms with Crippen LogP contribution in [0.3, 0.4) is 0 Å².